The number of benzene rings is 2. The molecule has 2 atom stereocenters. The molecular weight excluding hydrogens is 534 g/mol. The number of hydrogen-bond donors (Lipinski definition) is 2. The van der Waals surface area contributed by atoms with Gasteiger partial charge in [0.1, 0.15) is 5.82 Å². The third kappa shape index (κ3) is 8.58. The van der Waals surface area contributed by atoms with E-state index in [1.54, 1.807) is 12.1 Å². The van der Waals surface area contributed by atoms with Crippen LogP contribution in [0.15, 0.2) is 53.5 Å². The number of amides is 1. The number of hydrogen-bond acceptors (Lipinski definition) is 3. The molecule has 1 amide bonds. The van der Waals surface area contributed by atoms with Gasteiger partial charge in [0.15, 0.2) is 5.96 Å². The van der Waals surface area contributed by atoms with Gasteiger partial charge in [-0.3, -0.25) is 4.79 Å². The predicted molar refractivity (Wildman–Crippen MR) is 141 cm³/mol. The van der Waals surface area contributed by atoms with Crippen molar-refractivity contribution in [2.75, 3.05) is 26.2 Å². The summed E-state index contributed by atoms with van der Waals surface area (Å²) in [6.45, 7) is 9.19. The van der Waals surface area contributed by atoms with Gasteiger partial charge in [-0.2, -0.15) is 0 Å². The van der Waals surface area contributed by atoms with E-state index in [1.165, 1.54) is 12.1 Å². The van der Waals surface area contributed by atoms with E-state index in [1.807, 2.05) is 49.9 Å². The molecular formula is C25H34FIN4O2. The topological polar surface area (TPSA) is 66.0 Å². The number of morpholine rings is 1. The molecule has 2 N–H and O–H groups in total. The van der Waals surface area contributed by atoms with Crippen molar-refractivity contribution in [1.29, 1.82) is 0 Å². The average Bonchev–Trinajstić information content (AvgIpc) is 2.78. The van der Waals surface area contributed by atoms with Crippen molar-refractivity contribution >= 4 is 35.8 Å². The Labute approximate surface area is 213 Å². The highest BCUT2D eigenvalue weighted by Crippen LogP contribution is 2.15. The molecule has 2 aromatic rings. The highest BCUT2D eigenvalue weighted by Gasteiger charge is 2.26. The van der Waals surface area contributed by atoms with E-state index >= 15 is 0 Å². The normalized spacial score (nSPS) is 18.4. The number of carbonyl (C=O) groups is 1. The molecule has 33 heavy (non-hydrogen) atoms. The monoisotopic (exact) mass is 568 g/mol. The summed E-state index contributed by atoms with van der Waals surface area (Å²) in [4.78, 5) is 19.3. The Balaban J connectivity index is 0.00000385. The number of nitrogens with one attached hydrogen (secondary N) is 2. The molecule has 0 radical (unpaired) electrons. The van der Waals surface area contributed by atoms with Gasteiger partial charge >= 0.3 is 0 Å². The van der Waals surface area contributed by atoms with Gasteiger partial charge in [0.05, 0.1) is 18.8 Å². The van der Waals surface area contributed by atoms with Crippen LogP contribution in [0.1, 0.15) is 42.3 Å². The molecule has 8 heteroatoms. The first kappa shape index (κ1) is 27.0. The lowest BCUT2D eigenvalue weighted by atomic mass is 10.1. The summed E-state index contributed by atoms with van der Waals surface area (Å²) in [7, 11) is 0. The summed E-state index contributed by atoms with van der Waals surface area (Å²) in [6, 6.07) is 14.2. The minimum absolute atomic E-state index is 0. The number of nitrogens with zero attached hydrogens (tertiary/aromatic N) is 2. The lowest BCUT2D eigenvalue weighted by Crippen LogP contribution is -2.48. The molecule has 1 fully saturated rings. The maximum Gasteiger partial charge on any atom is 0.254 e. The largest absolute Gasteiger partial charge is 0.372 e. The molecule has 1 heterocycles. The van der Waals surface area contributed by atoms with E-state index in [2.05, 4.69) is 15.6 Å². The molecule has 3 rings (SSSR count). The quantitative estimate of drug-likeness (QED) is 0.301. The number of carbonyl (C=O) groups excluding carboxylic acids is 1. The van der Waals surface area contributed by atoms with Crippen molar-refractivity contribution in [1.82, 2.24) is 15.5 Å². The van der Waals surface area contributed by atoms with Crippen molar-refractivity contribution < 1.29 is 13.9 Å². The standard InChI is InChI=1S/C25H33FN4O2.HI/c1-4-27-25(28-14-13-20-7-11-23(26)12-8-20)29-15-21-5-9-22(10-6-21)24(31)30-16-18(2)32-19(3)17-30;/h5-12,18-19H,4,13-17H2,1-3H3,(H2,27,28,29);1H. The average molecular weight is 568 g/mol. The van der Waals surface area contributed by atoms with Gasteiger partial charge in [0.25, 0.3) is 5.91 Å². The summed E-state index contributed by atoms with van der Waals surface area (Å²) in [5, 5.41) is 6.54. The first-order chi connectivity index (χ1) is 15.4. The molecule has 0 aromatic heterocycles. The Morgan fingerprint density at radius 3 is 2.24 bits per heavy atom. The highest BCUT2D eigenvalue weighted by molar-refractivity contribution is 14.0. The van der Waals surface area contributed by atoms with Crippen LogP contribution in [0.25, 0.3) is 0 Å². The van der Waals surface area contributed by atoms with Gasteiger partial charge in [-0.1, -0.05) is 24.3 Å². The van der Waals surface area contributed by atoms with E-state index in [9.17, 15) is 9.18 Å². The third-order valence-electron chi connectivity index (χ3n) is 5.29. The molecule has 1 aliphatic heterocycles. The Morgan fingerprint density at radius 2 is 1.64 bits per heavy atom. The molecule has 1 aliphatic rings. The molecule has 2 unspecified atom stereocenters. The van der Waals surface area contributed by atoms with E-state index in [-0.39, 0.29) is 47.9 Å². The van der Waals surface area contributed by atoms with Crippen LogP contribution in [-0.2, 0) is 17.7 Å². The van der Waals surface area contributed by atoms with Crippen LogP contribution >= 0.6 is 24.0 Å². The fraction of sp³-hybridized carbons (Fsp3) is 0.440. The Hall–Kier alpha value is -2.20. The van der Waals surface area contributed by atoms with Gasteiger partial charge in [0, 0.05) is 31.7 Å². The zero-order chi connectivity index (χ0) is 22.9. The zero-order valence-corrected chi connectivity index (χ0v) is 21.8. The molecule has 0 aliphatic carbocycles. The summed E-state index contributed by atoms with van der Waals surface area (Å²) < 4.78 is 18.7. The predicted octanol–water partition coefficient (Wildman–Crippen LogP) is 3.99. The summed E-state index contributed by atoms with van der Waals surface area (Å²) in [6.07, 6.45) is 0.882. The lowest BCUT2D eigenvalue weighted by Gasteiger charge is -2.35. The lowest BCUT2D eigenvalue weighted by molar-refractivity contribution is -0.0586. The summed E-state index contributed by atoms with van der Waals surface area (Å²) in [5.74, 6) is 0.544. The van der Waals surface area contributed by atoms with Crippen LogP contribution < -0.4 is 10.6 Å². The van der Waals surface area contributed by atoms with Gasteiger partial charge in [0.2, 0.25) is 0 Å². The van der Waals surface area contributed by atoms with Crippen LogP contribution in [0.3, 0.4) is 0 Å². The van der Waals surface area contributed by atoms with Gasteiger partial charge in [-0.05, 0) is 62.6 Å². The van der Waals surface area contributed by atoms with Gasteiger partial charge in [-0.25, -0.2) is 9.38 Å². The van der Waals surface area contributed by atoms with E-state index in [0.717, 1.165) is 30.1 Å². The molecule has 0 spiro atoms. The Morgan fingerprint density at radius 1 is 1.03 bits per heavy atom. The van der Waals surface area contributed by atoms with Crippen molar-refractivity contribution in [3.8, 4) is 0 Å². The van der Waals surface area contributed by atoms with Crippen LogP contribution in [0, 0.1) is 5.82 Å². The number of halogens is 2. The molecule has 2 aromatic carbocycles. The third-order valence-corrected chi connectivity index (χ3v) is 5.29. The first-order valence-electron chi connectivity index (χ1n) is 11.2. The minimum Gasteiger partial charge on any atom is -0.372 e. The summed E-state index contributed by atoms with van der Waals surface area (Å²) in [5.41, 5.74) is 2.78. The van der Waals surface area contributed by atoms with E-state index in [0.29, 0.717) is 31.7 Å². The Bertz CT molecular complexity index is 896. The molecule has 0 saturated carbocycles. The second-order valence-corrected chi connectivity index (χ2v) is 8.16. The summed E-state index contributed by atoms with van der Waals surface area (Å²) >= 11 is 0. The van der Waals surface area contributed by atoms with E-state index < -0.39 is 0 Å². The zero-order valence-electron chi connectivity index (χ0n) is 19.5. The van der Waals surface area contributed by atoms with Crippen molar-refractivity contribution in [3.63, 3.8) is 0 Å². The Kier molecular flexibility index (Phi) is 11.1. The van der Waals surface area contributed by atoms with Crippen LogP contribution in [0.5, 0.6) is 0 Å². The number of aliphatic imine (C=N–C) groups is 1. The second kappa shape index (κ2) is 13.5. The molecule has 0 bridgehead atoms. The van der Waals surface area contributed by atoms with Crippen LogP contribution in [0.2, 0.25) is 0 Å². The van der Waals surface area contributed by atoms with Crippen molar-refractivity contribution in [2.24, 2.45) is 4.99 Å². The SMILES string of the molecule is CCNC(=NCc1ccc(C(=O)N2CC(C)OC(C)C2)cc1)NCCc1ccc(F)cc1.I. The van der Waals surface area contributed by atoms with Crippen molar-refractivity contribution in [3.05, 3.63) is 71.0 Å². The van der Waals surface area contributed by atoms with Gasteiger partial charge in [-0.15, -0.1) is 24.0 Å². The van der Waals surface area contributed by atoms with Crippen LogP contribution in [-0.4, -0.2) is 55.2 Å². The van der Waals surface area contributed by atoms with Crippen molar-refractivity contribution in [2.45, 2.75) is 45.9 Å². The maximum absolute atomic E-state index is 13.0. The fourth-order valence-electron chi connectivity index (χ4n) is 3.77. The van der Waals surface area contributed by atoms with Gasteiger partial charge < -0.3 is 20.3 Å². The van der Waals surface area contributed by atoms with Crippen LogP contribution in [0.4, 0.5) is 4.39 Å². The second-order valence-electron chi connectivity index (χ2n) is 8.16. The van der Waals surface area contributed by atoms with E-state index in [4.69, 9.17) is 4.74 Å². The first-order valence-corrected chi connectivity index (χ1v) is 11.2. The molecule has 180 valence electrons. The maximum atomic E-state index is 13.0. The molecule has 1 saturated heterocycles. The fourth-order valence-corrected chi connectivity index (χ4v) is 3.77. The minimum atomic E-state index is -0.224. The molecule has 6 nitrogen and oxygen atoms in total. The number of rotatable bonds is 7. The smallest absolute Gasteiger partial charge is 0.254 e. The number of ether oxygens (including phenoxy) is 1. The highest BCUT2D eigenvalue weighted by atomic mass is 127. The number of guanidine groups is 1.